The van der Waals surface area contributed by atoms with Gasteiger partial charge in [0.15, 0.2) is 0 Å². The van der Waals surface area contributed by atoms with Gasteiger partial charge in [-0.15, -0.1) is 0 Å². The van der Waals surface area contributed by atoms with Crippen LogP contribution in [0.5, 0.6) is 0 Å². The third kappa shape index (κ3) is 3.64. The quantitative estimate of drug-likeness (QED) is 0.818. The highest BCUT2D eigenvalue weighted by Gasteiger charge is 2.41. The molecule has 1 amide bonds. The molecule has 2 saturated heterocycles. The molecule has 132 valence electrons. The highest BCUT2D eigenvalue weighted by Crippen LogP contribution is 2.32. The molecule has 2 atom stereocenters. The van der Waals surface area contributed by atoms with Gasteiger partial charge in [-0.3, -0.25) is 4.79 Å². The maximum atomic E-state index is 12.7. The maximum absolute atomic E-state index is 12.7. The average molecular weight is 350 g/mol. The van der Waals surface area contributed by atoms with E-state index < -0.39 is 10.0 Å². The summed E-state index contributed by atoms with van der Waals surface area (Å²) in [6.45, 7) is 3.93. The number of benzene rings is 1. The second-order valence-electron chi connectivity index (χ2n) is 6.84. The second kappa shape index (κ2) is 7.23. The molecule has 3 rings (SSSR count). The van der Waals surface area contributed by atoms with Crippen LogP contribution in [0, 0.1) is 5.92 Å². The Morgan fingerprint density at radius 2 is 1.92 bits per heavy atom. The lowest BCUT2D eigenvalue weighted by Crippen LogP contribution is -2.57. The van der Waals surface area contributed by atoms with Gasteiger partial charge in [0.1, 0.15) is 0 Å². The molecule has 0 unspecified atom stereocenters. The minimum atomic E-state index is -3.30. The Kier molecular flexibility index (Phi) is 5.25. The van der Waals surface area contributed by atoms with Crippen molar-refractivity contribution in [2.24, 2.45) is 5.92 Å². The van der Waals surface area contributed by atoms with Crippen LogP contribution < -0.4 is 0 Å². The zero-order valence-corrected chi connectivity index (χ0v) is 15.0. The molecular formula is C18H26N2O3S. The van der Waals surface area contributed by atoms with Gasteiger partial charge in [0, 0.05) is 32.1 Å². The van der Waals surface area contributed by atoms with E-state index in [1.807, 2.05) is 35.2 Å². The number of likely N-dealkylation sites (tertiary alicyclic amines) is 1. The largest absolute Gasteiger partial charge is 0.339 e. The Morgan fingerprint density at radius 3 is 2.62 bits per heavy atom. The molecule has 2 fully saturated rings. The number of hydrogen-bond acceptors (Lipinski definition) is 3. The minimum Gasteiger partial charge on any atom is -0.339 e. The first kappa shape index (κ1) is 17.4. The molecule has 0 aromatic heterocycles. The molecule has 0 saturated carbocycles. The standard InChI is InChI=1S/C18H26N2O3S/c1-2-11-20-17-10-12-19(13-16(17)8-9-18(20)21)24(22,23)14-15-6-4-3-5-7-15/h3-7,16-17H,2,8-14H2,1H3/t16-,17+/m0/s1. The van der Waals surface area contributed by atoms with Crippen LogP contribution in [0.1, 0.15) is 38.2 Å². The maximum Gasteiger partial charge on any atom is 0.222 e. The van der Waals surface area contributed by atoms with Gasteiger partial charge in [-0.05, 0) is 30.7 Å². The Labute approximate surface area is 144 Å². The summed E-state index contributed by atoms with van der Waals surface area (Å²) in [6, 6.07) is 9.55. The Hall–Kier alpha value is -1.40. The highest BCUT2D eigenvalue weighted by atomic mass is 32.2. The number of nitrogens with zero attached hydrogens (tertiary/aromatic N) is 2. The fraction of sp³-hybridized carbons (Fsp3) is 0.611. The first-order chi connectivity index (χ1) is 11.5. The molecule has 0 N–H and O–H groups in total. The van der Waals surface area contributed by atoms with Gasteiger partial charge in [0.2, 0.25) is 15.9 Å². The Morgan fingerprint density at radius 1 is 1.17 bits per heavy atom. The van der Waals surface area contributed by atoms with E-state index in [2.05, 4.69) is 6.92 Å². The van der Waals surface area contributed by atoms with Gasteiger partial charge in [-0.2, -0.15) is 0 Å². The normalized spacial score (nSPS) is 25.5. The monoisotopic (exact) mass is 350 g/mol. The van der Waals surface area contributed by atoms with Crippen molar-refractivity contribution in [3.05, 3.63) is 35.9 Å². The lowest BCUT2D eigenvalue weighted by atomic mass is 9.84. The van der Waals surface area contributed by atoms with Gasteiger partial charge in [0.05, 0.1) is 5.75 Å². The first-order valence-corrected chi connectivity index (χ1v) is 10.4. The smallest absolute Gasteiger partial charge is 0.222 e. The lowest BCUT2D eigenvalue weighted by molar-refractivity contribution is -0.140. The van der Waals surface area contributed by atoms with E-state index in [4.69, 9.17) is 0 Å². The molecule has 1 aromatic rings. The van der Waals surface area contributed by atoms with E-state index in [9.17, 15) is 13.2 Å². The van der Waals surface area contributed by atoms with Crippen molar-refractivity contribution in [2.45, 2.75) is 44.4 Å². The summed E-state index contributed by atoms with van der Waals surface area (Å²) in [5.41, 5.74) is 0.825. The van der Waals surface area contributed by atoms with E-state index in [0.717, 1.165) is 31.4 Å². The third-order valence-electron chi connectivity index (χ3n) is 5.16. The number of piperidine rings is 2. The molecule has 2 aliphatic heterocycles. The first-order valence-electron chi connectivity index (χ1n) is 8.82. The summed E-state index contributed by atoms with van der Waals surface area (Å²) < 4.78 is 27.1. The molecule has 2 heterocycles. The second-order valence-corrected chi connectivity index (χ2v) is 8.81. The fourth-order valence-electron chi connectivity index (χ4n) is 3.98. The summed E-state index contributed by atoms with van der Waals surface area (Å²) in [5, 5.41) is 0. The van der Waals surface area contributed by atoms with Crippen LogP contribution in [0.15, 0.2) is 30.3 Å². The summed E-state index contributed by atoms with van der Waals surface area (Å²) in [7, 11) is -3.30. The van der Waals surface area contributed by atoms with Crippen LogP contribution in [0.25, 0.3) is 0 Å². The molecule has 0 spiro atoms. The molecule has 0 bridgehead atoms. The molecule has 24 heavy (non-hydrogen) atoms. The third-order valence-corrected chi connectivity index (χ3v) is 6.97. The van der Waals surface area contributed by atoms with E-state index in [-0.39, 0.29) is 23.6 Å². The van der Waals surface area contributed by atoms with E-state index in [1.165, 1.54) is 0 Å². The highest BCUT2D eigenvalue weighted by molar-refractivity contribution is 7.88. The van der Waals surface area contributed by atoms with E-state index in [0.29, 0.717) is 19.5 Å². The van der Waals surface area contributed by atoms with Gasteiger partial charge < -0.3 is 4.90 Å². The summed E-state index contributed by atoms with van der Waals surface area (Å²) in [5.74, 6) is 0.565. The predicted octanol–water partition coefficient (Wildman–Crippen LogP) is 2.24. The molecule has 6 heteroatoms. The zero-order chi connectivity index (χ0) is 17.2. The number of rotatable bonds is 5. The van der Waals surface area contributed by atoms with Crippen molar-refractivity contribution >= 4 is 15.9 Å². The molecule has 2 aliphatic rings. The van der Waals surface area contributed by atoms with Crippen molar-refractivity contribution in [1.29, 1.82) is 0 Å². The van der Waals surface area contributed by atoms with Crippen molar-refractivity contribution in [3.63, 3.8) is 0 Å². The van der Waals surface area contributed by atoms with Gasteiger partial charge in [-0.1, -0.05) is 37.3 Å². The zero-order valence-electron chi connectivity index (χ0n) is 14.2. The number of carbonyl (C=O) groups excluding carboxylic acids is 1. The van der Waals surface area contributed by atoms with Crippen LogP contribution in [-0.2, 0) is 20.6 Å². The number of amides is 1. The molecule has 1 aromatic carbocycles. The molecule has 5 nitrogen and oxygen atoms in total. The van der Waals surface area contributed by atoms with E-state index >= 15 is 0 Å². The average Bonchev–Trinajstić information content (AvgIpc) is 2.57. The number of hydrogen-bond donors (Lipinski definition) is 0. The van der Waals surface area contributed by atoms with Crippen LogP contribution in [-0.4, -0.2) is 49.2 Å². The van der Waals surface area contributed by atoms with Crippen molar-refractivity contribution in [1.82, 2.24) is 9.21 Å². The van der Waals surface area contributed by atoms with Gasteiger partial charge in [-0.25, -0.2) is 12.7 Å². The molecular weight excluding hydrogens is 324 g/mol. The summed E-state index contributed by atoms with van der Waals surface area (Å²) >= 11 is 0. The molecule has 0 aliphatic carbocycles. The van der Waals surface area contributed by atoms with Crippen LogP contribution in [0.2, 0.25) is 0 Å². The van der Waals surface area contributed by atoms with Crippen LogP contribution in [0.4, 0.5) is 0 Å². The van der Waals surface area contributed by atoms with Crippen LogP contribution >= 0.6 is 0 Å². The Balaban J connectivity index is 1.69. The summed E-state index contributed by atoms with van der Waals surface area (Å²) in [4.78, 5) is 14.1. The predicted molar refractivity (Wildman–Crippen MR) is 93.8 cm³/mol. The Bertz CT molecular complexity index is 675. The van der Waals surface area contributed by atoms with E-state index in [1.54, 1.807) is 4.31 Å². The van der Waals surface area contributed by atoms with Crippen LogP contribution in [0.3, 0.4) is 0 Å². The molecule has 0 radical (unpaired) electrons. The SMILES string of the molecule is CCCN1C(=O)CC[C@H]2CN(S(=O)(=O)Cc3ccccc3)CC[C@H]21. The van der Waals surface area contributed by atoms with Crippen molar-refractivity contribution in [2.75, 3.05) is 19.6 Å². The topological polar surface area (TPSA) is 57.7 Å². The van der Waals surface area contributed by atoms with Gasteiger partial charge in [0.25, 0.3) is 0 Å². The number of fused-ring (bicyclic) bond motifs is 1. The minimum absolute atomic E-state index is 0.0584. The summed E-state index contributed by atoms with van der Waals surface area (Å²) in [6.07, 6.45) is 3.06. The van der Waals surface area contributed by atoms with Gasteiger partial charge >= 0.3 is 0 Å². The number of carbonyl (C=O) groups is 1. The lowest BCUT2D eigenvalue weighted by Gasteiger charge is -2.46. The van der Waals surface area contributed by atoms with Crippen molar-refractivity contribution < 1.29 is 13.2 Å². The number of sulfonamides is 1. The van der Waals surface area contributed by atoms with Crippen molar-refractivity contribution in [3.8, 4) is 0 Å². The fourth-order valence-corrected chi connectivity index (χ4v) is 5.58.